The molecule has 5 heteroatoms. The second-order valence-corrected chi connectivity index (χ2v) is 5.06. The Morgan fingerprint density at radius 2 is 2.17 bits per heavy atom. The number of aliphatic carboxylic acids is 1. The first-order valence-corrected chi connectivity index (χ1v) is 6.74. The number of hydrogen-bond acceptors (Lipinski definition) is 3. The van der Waals surface area contributed by atoms with Crippen LogP contribution in [0.25, 0.3) is 0 Å². The molecule has 1 saturated heterocycles. The molecule has 1 amide bonds. The maximum absolute atomic E-state index is 12.2. The summed E-state index contributed by atoms with van der Waals surface area (Å²) >= 11 is 0. The molecule has 104 valence electrons. The fourth-order valence-corrected chi connectivity index (χ4v) is 2.40. The number of hydrogen-bond donors (Lipinski definition) is 2. The number of carbonyl (C=O) groups is 2. The first-order chi connectivity index (χ1) is 8.54. The zero-order valence-corrected chi connectivity index (χ0v) is 11.3. The maximum Gasteiger partial charge on any atom is 0.303 e. The minimum atomic E-state index is -0.808. The Labute approximate surface area is 109 Å². The monoisotopic (exact) mass is 256 g/mol. The van der Waals surface area contributed by atoms with Gasteiger partial charge in [-0.1, -0.05) is 13.3 Å². The number of carboxylic acids is 1. The molecular weight excluding hydrogens is 232 g/mol. The summed E-state index contributed by atoms with van der Waals surface area (Å²) < 4.78 is 0. The minimum absolute atomic E-state index is 0.0847. The van der Waals surface area contributed by atoms with Crippen LogP contribution in [0.2, 0.25) is 0 Å². The van der Waals surface area contributed by atoms with Crippen LogP contribution in [0.3, 0.4) is 0 Å². The standard InChI is InChI=1S/C13H24N2O3/c1-3-10-6-7-14-11(9-10)13(18)15(2)8-4-5-12(16)17/h10-11,14H,3-9H2,1-2H3,(H,16,17). The van der Waals surface area contributed by atoms with E-state index in [4.69, 9.17) is 5.11 Å². The lowest BCUT2D eigenvalue weighted by Gasteiger charge is -2.31. The summed E-state index contributed by atoms with van der Waals surface area (Å²) in [4.78, 5) is 24.2. The summed E-state index contributed by atoms with van der Waals surface area (Å²) in [6.07, 6.45) is 3.80. The molecule has 1 aliphatic heterocycles. The number of piperidine rings is 1. The third-order valence-corrected chi connectivity index (χ3v) is 3.65. The van der Waals surface area contributed by atoms with E-state index >= 15 is 0 Å². The number of likely N-dealkylation sites (N-methyl/N-ethyl adjacent to an activating group) is 1. The highest BCUT2D eigenvalue weighted by Crippen LogP contribution is 2.20. The van der Waals surface area contributed by atoms with Crippen molar-refractivity contribution in [2.45, 2.75) is 45.1 Å². The highest BCUT2D eigenvalue weighted by molar-refractivity contribution is 5.81. The van der Waals surface area contributed by atoms with Gasteiger partial charge in [0.15, 0.2) is 0 Å². The van der Waals surface area contributed by atoms with Gasteiger partial charge in [-0.3, -0.25) is 9.59 Å². The molecule has 1 rings (SSSR count). The Morgan fingerprint density at radius 1 is 1.44 bits per heavy atom. The van der Waals surface area contributed by atoms with Gasteiger partial charge in [-0.25, -0.2) is 0 Å². The number of nitrogens with zero attached hydrogens (tertiary/aromatic N) is 1. The van der Waals surface area contributed by atoms with Crippen LogP contribution in [0.4, 0.5) is 0 Å². The van der Waals surface area contributed by atoms with E-state index in [1.165, 1.54) is 0 Å². The smallest absolute Gasteiger partial charge is 0.303 e. The lowest BCUT2D eigenvalue weighted by molar-refractivity contribution is -0.138. The normalized spacial score (nSPS) is 23.7. The van der Waals surface area contributed by atoms with E-state index in [2.05, 4.69) is 12.2 Å². The molecule has 2 unspecified atom stereocenters. The summed E-state index contributed by atoms with van der Waals surface area (Å²) in [6, 6.07) is -0.0847. The number of carboxylic acid groups (broad SMARTS) is 1. The molecule has 1 heterocycles. The van der Waals surface area contributed by atoms with Crippen molar-refractivity contribution in [3.05, 3.63) is 0 Å². The van der Waals surface area contributed by atoms with Crippen molar-refractivity contribution in [2.24, 2.45) is 5.92 Å². The second-order valence-electron chi connectivity index (χ2n) is 5.06. The molecule has 0 saturated carbocycles. The van der Waals surface area contributed by atoms with Crippen molar-refractivity contribution in [1.82, 2.24) is 10.2 Å². The lowest BCUT2D eigenvalue weighted by atomic mass is 9.90. The summed E-state index contributed by atoms with van der Waals surface area (Å²) in [5, 5.41) is 11.8. The van der Waals surface area contributed by atoms with E-state index in [9.17, 15) is 9.59 Å². The van der Waals surface area contributed by atoms with E-state index < -0.39 is 5.97 Å². The van der Waals surface area contributed by atoms with Crippen LogP contribution >= 0.6 is 0 Å². The van der Waals surface area contributed by atoms with Gasteiger partial charge in [-0.15, -0.1) is 0 Å². The van der Waals surface area contributed by atoms with Crippen LogP contribution in [0, 0.1) is 5.92 Å². The summed E-state index contributed by atoms with van der Waals surface area (Å²) in [7, 11) is 1.75. The Bertz CT molecular complexity index is 294. The number of rotatable bonds is 6. The van der Waals surface area contributed by atoms with Gasteiger partial charge in [0.25, 0.3) is 0 Å². The van der Waals surface area contributed by atoms with E-state index in [1.54, 1.807) is 11.9 Å². The summed E-state index contributed by atoms with van der Waals surface area (Å²) in [5.74, 6) is -0.0798. The first kappa shape index (κ1) is 15.0. The highest BCUT2D eigenvalue weighted by Gasteiger charge is 2.27. The second kappa shape index (κ2) is 7.36. The predicted molar refractivity (Wildman–Crippen MR) is 69.3 cm³/mol. The van der Waals surface area contributed by atoms with Crippen molar-refractivity contribution >= 4 is 11.9 Å². The van der Waals surface area contributed by atoms with Gasteiger partial charge >= 0.3 is 5.97 Å². The largest absolute Gasteiger partial charge is 0.481 e. The van der Waals surface area contributed by atoms with Crippen molar-refractivity contribution < 1.29 is 14.7 Å². The molecule has 1 aliphatic rings. The van der Waals surface area contributed by atoms with E-state index in [1.807, 2.05) is 0 Å². The molecule has 0 bridgehead atoms. The van der Waals surface area contributed by atoms with Gasteiger partial charge in [-0.2, -0.15) is 0 Å². The van der Waals surface area contributed by atoms with Gasteiger partial charge in [0.1, 0.15) is 0 Å². The molecule has 0 aromatic rings. The van der Waals surface area contributed by atoms with Crippen molar-refractivity contribution in [3.63, 3.8) is 0 Å². The zero-order valence-electron chi connectivity index (χ0n) is 11.3. The van der Waals surface area contributed by atoms with Gasteiger partial charge < -0.3 is 15.3 Å². The molecule has 2 atom stereocenters. The van der Waals surface area contributed by atoms with Crippen molar-refractivity contribution in [3.8, 4) is 0 Å². The minimum Gasteiger partial charge on any atom is -0.481 e. The van der Waals surface area contributed by atoms with Gasteiger partial charge in [-0.05, 0) is 31.7 Å². The van der Waals surface area contributed by atoms with Gasteiger partial charge in [0.05, 0.1) is 6.04 Å². The summed E-state index contributed by atoms with van der Waals surface area (Å²) in [5.41, 5.74) is 0. The van der Waals surface area contributed by atoms with Gasteiger partial charge in [0.2, 0.25) is 5.91 Å². The number of carbonyl (C=O) groups excluding carboxylic acids is 1. The van der Waals surface area contributed by atoms with Crippen LogP contribution in [0.15, 0.2) is 0 Å². The fraction of sp³-hybridized carbons (Fsp3) is 0.846. The van der Waals surface area contributed by atoms with E-state index in [0.29, 0.717) is 18.9 Å². The molecule has 18 heavy (non-hydrogen) atoms. The molecule has 2 N–H and O–H groups in total. The lowest BCUT2D eigenvalue weighted by Crippen LogP contribution is -2.49. The predicted octanol–water partition coefficient (Wildman–Crippen LogP) is 1.09. The topological polar surface area (TPSA) is 69.6 Å². The van der Waals surface area contributed by atoms with Crippen LogP contribution in [-0.4, -0.2) is 48.1 Å². The quantitative estimate of drug-likeness (QED) is 0.746. The van der Waals surface area contributed by atoms with Crippen molar-refractivity contribution in [1.29, 1.82) is 0 Å². The molecule has 0 aromatic carbocycles. The van der Waals surface area contributed by atoms with Crippen LogP contribution in [0.5, 0.6) is 0 Å². The SMILES string of the molecule is CCC1CCNC(C(=O)N(C)CCCC(=O)O)C1. The molecule has 0 radical (unpaired) electrons. The third-order valence-electron chi connectivity index (χ3n) is 3.65. The molecule has 0 spiro atoms. The zero-order chi connectivity index (χ0) is 13.5. The first-order valence-electron chi connectivity index (χ1n) is 6.74. The summed E-state index contributed by atoms with van der Waals surface area (Å²) in [6.45, 7) is 3.58. The molecule has 0 aromatic heterocycles. The average Bonchev–Trinajstić information content (AvgIpc) is 2.37. The Balaban J connectivity index is 2.35. The Morgan fingerprint density at radius 3 is 2.78 bits per heavy atom. The Kier molecular flexibility index (Phi) is 6.12. The van der Waals surface area contributed by atoms with E-state index in [0.717, 1.165) is 25.8 Å². The van der Waals surface area contributed by atoms with Crippen LogP contribution < -0.4 is 5.32 Å². The number of amides is 1. The van der Waals surface area contributed by atoms with Crippen LogP contribution in [0.1, 0.15) is 39.0 Å². The Hall–Kier alpha value is -1.10. The number of nitrogens with one attached hydrogen (secondary N) is 1. The van der Waals surface area contributed by atoms with E-state index in [-0.39, 0.29) is 18.4 Å². The van der Waals surface area contributed by atoms with Gasteiger partial charge in [0, 0.05) is 20.0 Å². The fourth-order valence-electron chi connectivity index (χ4n) is 2.40. The highest BCUT2D eigenvalue weighted by atomic mass is 16.4. The molecule has 5 nitrogen and oxygen atoms in total. The molecule has 0 aliphatic carbocycles. The molecular formula is C13H24N2O3. The van der Waals surface area contributed by atoms with Crippen LogP contribution in [-0.2, 0) is 9.59 Å². The van der Waals surface area contributed by atoms with Crippen molar-refractivity contribution in [2.75, 3.05) is 20.1 Å². The average molecular weight is 256 g/mol. The third kappa shape index (κ3) is 4.64. The molecule has 1 fully saturated rings. The maximum atomic E-state index is 12.2.